The van der Waals surface area contributed by atoms with E-state index in [1.165, 1.54) is 27.5 Å². The molecule has 0 aliphatic heterocycles. The van der Waals surface area contributed by atoms with E-state index in [1.54, 1.807) is 0 Å². The Labute approximate surface area is 343 Å². The van der Waals surface area contributed by atoms with Crippen LogP contribution in [0.3, 0.4) is 0 Å². The number of hydrogen-bond donors (Lipinski definition) is 0. The first-order valence-corrected chi connectivity index (χ1v) is 20.6. The molecule has 2 heterocycles. The molecule has 0 amide bonds. The van der Waals surface area contributed by atoms with Crippen LogP contribution in [0.1, 0.15) is 30.5 Å². The summed E-state index contributed by atoms with van der Waals surface area (Å²) in [6.45, 7) is 6.59. The minimum absolute atomic E-state index is 0.834. The summed E-state index contributed by atoms with van der Waals surface area (Å²) in [7, 11) is 0. The van der Waals surface area contributed by atoms with Crippen LogP contribution >= 0.6 is 0 Å². The van der Waals surface area contributed by atoms with Crippen molar-refractivity contribution < 1.29 is 8.83 Å². The van der Waals surface area contributed by atoms with Crippen molar-refractivity contribution in [1.82, 2.24) is 0 Å². The van der Waals surface area contributed by atoms with Crippen molar-refractivity contribution in [3.63, 3.8) is 0 Å². The third-order valence-electron chi connectivity index (χ3n) is 12.1. The lowest BCUT2D eigenvalue weighted by molar-refractivity contribution is 0.656. The Bertz CT molecular complexity index is 3120. The molecule has 0 unspecified atom stereocenters. The van der Waals surface area contributed by atoms with Crippen molar-refractivity contribution in [2.24, 2.45) is 0 Å². The predicted octanol–water partition coefficient (Wildman–Crippen LogP) is 16.2. The summed E-state index contributed by atoms with van der Waals surface area (Å²) in [6.07, 6.45) is 2.02. The number of nitrogens with zero attached hydrogens (tertiary/aromatic N) is 2. The molecule has 11 aromatic rings. The van der Waals surface area contributed by atoms with Gasteiger partial charge in [0.1, 0.15) is 22.3 Å². The summed E-state index contributed by atoms with van der Waals surface area (Å²) in [5, 5.41) is 9.08. The summed E-state index contributed by atoms with van der Waals surface area (Å²) in [4.78, 5) is 4.64. The van der Waals surface area contributed by atoms with Gasteiger partial charge in [0.25, 0.3) is 0 Å². The molecule has 11 rings (SSSR count). The van der Waals surface area contributed by atoms with E-state index >= 15 is 0 Å². The average Bonchev–Trinajstić information content (AvgIpc) is 3.83. The van der Waals surface area contributed by atoms with Gasteiger partial charge in [0, 0.05) is 61.7 Å². The molecule has 0 bridgehead atoms. The number of benzene rings is 9. The Balaban J connectivity index is 1.01. The molecular weight excluding hydrogens is 721 g/mol. The summed E-state index contributed by atoms with van der Waals surface area (Å²) < 4.78 is 13.4. The van der Waals surface area contributed by atoms with Gasteiger partial charge in [-0.2, -0.15) is 0 Å². The van der Waals surface area contributed by atoms with Crippen molar-refractivity contribution in [3.8, 4) is 0 Å². The smallest absolute Gasteiger partial charge is 0.139 e. The maximum absolute atomic E-state index is 6.68. The van der Waals surface area contributed by atoms with E-state index in [-0.39, 0.29) is 0 Å². The number of rotatable bonds is 8. The van der Waals surface area contributed by atoms with Gasteiger partial charge in [-0.25, -0.2) is 0 Å². The van der Waals surface area contributed by atoms with Crippen LogP contribution in [0.25, 0.3) is 65.4 Å². The largest absolute Gasteiger partial charge is 0.456 e. The monoisotopic (exact) mass is 762 g/mol. The molecule has 4 nitrogen and oxygen atoms in total. The molecule has 2 aromatic heterocycles. The second-order valence-electron chi connectivity index (χ2n) is 15.6. The van der Waals surface area contributed by atoms with Crippen molar-refractivity contribution >= 4 is 99.5 Å². The zero-order valence-corrected chi connectivity index (χ0v) is 33.4. The summed E-state index contributed by atoms with van der Waals surface area (Å²) in [5.74, 6) is 0. The van der Waals surface area contributed by atoms with Crippen molar-refractivity contribution in [3.05, 3.63) is 193 Å². The number of hydrogen-bond acceptors (Lipinski definition) is 4. The number of furan rings is 2. The van der Waals surface area contributed by atoms with E-state index in [1.807, 2.05) is 0 Å². The zero-order chi connectivity index (χ0) is 39.6. The van der Waals surface area contributed by atoms with Gasteiger partial charge in [0.2, 0.25) is 0 Å². The van der Waals surface area contributed by atoms with Crippen LogP contribution in [0.2, 0.25) is 0 Å². The third-order valence-corrected chi connectivity index (χ3v) is 12.1. The highest BCUT2D eigenvalue weighted by atomic mass is 16.3. The van der Waals surface area contributed by atoms with E-state index in [4.69, 9.17) is 8.83 Å². The van der Waals surface area contributed by atoms with Gasteiger partial charge in [-0.1, -0.05) is 86.6 Å². The fourth-order valence-electron chi connectivity index (χ4n) is 9.00. The zero-order valence-electron chi connectivity index (χ0n) is 33.4. The van der Waals surface area contributed by atoms with Gasteiger partial charge in [0.15, 0.2) is 0 Å². The van der Waals surface area contributed by atoms with Crippen molar-refractivity contribution in [2.75, 3.05) is 9.80 Å². The van der Waals surface area contributed by atoms with E-state index < -0.39 is 0 Å². The van der Waals surface area contributed by atoms with Crippen LogP contribution in [0.5, 0.6) is 0 Å². The van der Waals surface area contributed by atoms with E-state index in [9.17, 15) is 0 Å². The Morgan fingerprint density at radius 3 is 1.15 bits per heavy atom. The lowest BCUT2D eigenvalue weighted by Crippen LogP contribution is -2.09. The lowest BCUT2D eigenvalue weighted by atomic mass is 9.98. The fourth-order valence-corrected chi connectivity index (χ4v) is 9.00. The first-order chi connectivity index (χ1) is 29.0. The Morgan fingerprint density at radius 2 is 0.746 bits per heavy atom. The Hall–Kier alpha value is -7.30. The van der Waals surface area contributed by atoms with Gasteiger partial charge >= 0.3 is 0 Å². The van der Waals surface area contributed by atoms with Crippen LogP contribution in [-0.4, -0.2) is 0 Å². The second kappa shape index (κ2) is 14.0. The molecule has 284 valence electrons. The van der Waals surface area contributed by atoms with Crippen LogP contribution in [0.4, 0.5) is 34.1 Å². The minimum Gasteiger partial charge on any atom is -0.456 e. The van der Waals surface area contributed by atoms with Crippen LogP contribution in [-0.2, 0) is 12.8 Å². The summed E-state index contributed by atoms with van der Waals surface area (Å²) in [6, 6.07) is 63.4. The quantitative estimate of drug-likeness (QED) is 0.154. The molecule has 59 heavy (non-hydrogen) atoms. The minimum atomic E-state index is 0.834. The standard InChI is InChI=1S/C55H42N2O2/c1-4-36-16-22-44(23-17-36)56(42-12-8-6-9-13-42)46-26-20-38-30-48-50(32-40(38)28-46)58-52-34-53-55(35(3)54(48)52)49-31-39-21-27-47(29-41(39)33-51(49)59-53)57(43-14-10-7-11-15-43)45-24-18-37(5-2)19-25-45/h6-34H,4-5H2,1-3H3. The molecule has 4 heteroatoms. The summed E-state index contributed by atoms with van der Waals surface area (Å²) in [5.41, 5.74) is 13.9. The first-order valence-electron chi connectivity index (χ1n) is 20.6. The number of para-hydroxylation sites is 2. The molecule has 0 aliphatic rings. The average molecular weight is 763 g/mol. The molecule has 0 spiro atoms. The Morgan fingerprint density at radius 1 is 0.356 bits per heavy atom. The second-order valence-corrected chi connectivity index (χ2v) is 15.6. The fraction of sp³-hybridized carbons (Fsp3) is 0.0909. The molecule has 0 N–H and O–H groups in total. The van der Waals surface area contributed by atoms with Gasteiger partial charge in [-0.3, -0.25) is 0 Å². The van der Waals surface area contributed by atoms with E-state index in [0.717, 1.165) is 102 Å². The van der Waals surface area contributed by atoms with Gasteiger partial charge < -0.3 is 18.6 Å². The van der Waals surface area contributed by atoms with Crippen molar-refractivity contribution in [2.45, 2.75) is 33.6 Å². The molecule has 0 saturated heterocycles. The predicted molar refractivity (Wildman–Crippen MR) is 249 cm³/mol. The third kappa shape index (κ3) is 5.90. The molecular formula is C55H42N2O2. The molecule has 0 fully saturated rings. The summed E-state index contributed by atoms with van der Waals surface area (Å²) >= 11 is 0. The van der Waals surface area contributed by atoms with Gasteiger partial charge in [-0.15, -0.1) is 0 Å². The highest BCUT2D eigenvalue weighted by Crippen LogP contribution is 2.44. The molecule has 0 atom stereocenters. The van der Waals surface area contributed by atoms with Gasteiger partial charge in [0.05, 0.1) is 0 Å². The normalized spacial score (nSPS) is 11.8. The lowest BCUT2D eigenvalue weighted by Gasteiger charge is -2.26. The molecule has 9 aromatic carbocycles. The van der Waals surface area contributed by atoms with Gasteiger partial charge in [-0.05, 0) is 155 Å². The SMILES string of the molecule is CCc1ccc(N(c2ccccc2)c2ccc3cc4c(cc3c2)oc2cc3oc5cc6cc(N(c7ccccc7)c7ccc(CC)cc7)ccc6cc5c3c(C)c24)cc1. The van der Waals surface area contributed by atoms with Crippen LogP contribution in [0, 0.1) is 6.92 Å². The highest BCUT2D eigenvalue weighted by Gasteiger charge is 2.20. The maximum atomic E-state index is 6.68. The molecule has 0 radical (unpaired) electrons. The molecule has 0 aliphatic carbocycles. The van der Waals surface area contributed by atoms with Crippen molar-refractivity contribution in [1.29, 1.82) is 0 Å². The number of fused-ring (bicyclic) bond motifs is 8. The first kappa shape index (κ1) is 34.9. The molecule has 0 saturated carbocycles. The topological polar surface area (TPSA) is 32.8 Å². The van der Waals surface area contributed by atoms with E-state index in [0.29, 0.717) is 0 Å². The van der Waals surface area contributed by atoms with E-state index in [2.05, 4.69) is 206 Å². The number of aryl methyl sites for hydroxylation is 3. The maximum Gasteiger partial charge on any atom is 0.139 e. The van der Waals surface area contributed by atoms with Crippen LogP contribution < -0.4 is 9.80 Å². The number of anilines is 6. The van der Waals surface area contributed by atoms with Crippen LogP contribution in [0.15, 0.2) is 185 Å². The highest BCUT2D eigenvalue weighted by molar-refractivity contribution is 6.21. The Kier molecular flexibility index (Phi) is 8.26.